The third kappa shape index (κ3) is 5.23. The molecule has 11 heavy (non-hydrogen) atoms. The predicted octanol–water partition coefficient (Wildman–Crippen LogP) is 3.81. The zero-order chi connectivity index (χ0) is 8.69. The summed E-state index contributed by atoms with van der Waals surface area (Å²) in [6.07, 6.45) is 4.78. The lowest BCUT2D eigenvalue weighted by atomic mass is 9.91. The Bertz CT molecular complexity index is 80.9. The third-order valence-corrected chi connectivity index (χ3v) is 2.27. The summed E-state index contributed by atoms with van der Waals surface area (Å²) in [6, 6.07) is 0. The average molecular weight is 160 g/mol. The lowest BCUT2D eigenvalue weighted by Gasteiger charge is -2.16. The molecule has 0 aromatic carbocycles. The van der Waals surface area contributed by atoms with Gasteiger partial charge >= 0.3 is 0 Å². The van der Waals surface area contributed by atoms with Gasteiger partial charge in [-0.1, -0.05) is 40.0 Å². The van der Waals surface area contributed by atoms with Gasteiger partial charge in [-0.05, 0) is 18.3 Å². The monoisotopic (exact) mass is 160 g/mol. The van der Waals surface area contributed by atoms with Crippen LogP contribution in [-0.4, -0.2) is 6.67 Å². The Morgan fingerprint density at radius 3 is 2.27 bits per heavy atom. The summed E-state index contributed by atoms with van der Waals surface area (Å²) < 4.78 is 12.1. The molecule has 0 aliphatic carbocycles. The van der Waals surface area contributed by atoms with Crippen LogP contribution in [0.1, 0.15) is 46.5 Å². The molecule has 0 amide bonds. The smallest absolute Gasteiger partial charge is 0.0920 e. The van der Waals surface area contributed by atoms with Crippen LogP contribution in [-0.2, 0) is 0 Å². The van der Waals surface area contributed by atoms with Crippen LogP contribution in [0.25, 0.3) is 0 Å². The van der Waals surface area contributed by atoms with Crippen LogP contribution in [0.5, 0.6) is 0 Å². The molecule has 0 aromatic rings. The first-order chi connectivity index (χ1) is 5.24. The van der Waals surface area contributed by atoms with Gasteiger partial charge < -0.3 is 0 Å². The first kappa shape index (κ1) is 10.9. The lowest BCUT2D eigenvalue weighted by molar-refractivity contribution is 0.298. The van der Waals surface area contributed by atoms with Crippen molar-refractivity contribution in [1.29, 1.82) is 0 Å². The quantitative estimate of drug-likeness (QED) is 0.554. The molecule has 0 bridgehead atoms. The molecule has 1 heteroatoms. The summed E-state index contributed by atoms with van der Waals surface area (Å²) in [5, 5.41) is 0. The Morgan fingerprint density at radius 2 is 1.91 bits per heavy atom. The van der Waals surface area contributed by atoms with E-state index in [4.69, 9.17) is 0 Å². The molecular formula is C10H21F. The van der Waals surface area contributed by atoms with Gasteiger partial charge in [0.25, 0.3) is 0 Å². The minimum absolute atomic E-state index is 0.153. The molecule has 0 saturated carbocycles. The SMILES string of the molecule is CCCC(CC)CC(C)CF. The highest BCUT2D eigenvalue weighted by molar-refractivity contribution is 4.61. The first-order valence-corrected chi connectivity index (χ1v) is 4.80. The van der Waals surface area contributed by atoms with Gasteiger partial charge in [0.05, 0.1) is 6.67 Å². The highest BCUT2D eigenvalue weighted by atomic mass is 19.1. The van der Waals surface area contributed by atoms with E-state index in [1.54, 1.807) is 0 Å². The fraction of sp³-hybridized carbons (Fsp3) is 1.00. The summed E-state index contributed by atoms with van der Waals surface area (Å²) >= 11 is 0. The van der Waals surface area contributed by atoms with Gasteiger partial charge in [0.1, 0.15) is 0 Å². The second-order valence-electron chi connectivity index (χ2n) is 3.56. The number of alkyl halides is 1. The minimum Gasteiger partial charge on any atom is -0.251 e. The van der Waals surface area contributed by atoms with Crippen LogP contribution in [0.2, 0.25) is 0 Å². The molecule has 2 unspecified atom stereocenters. The van der Waals surface area contributed by atoms with E-state index < -0.39 is 0 Å². The number of halogens is 1. The molecule has 0 radical (unpaired) electrons. The third-order valence-electron chi connectivity index (χ3n) is 2.27. The fourth-order valence-corrected chi connectivity index (χ4v) is 1.53. The second kappa shape index (κ2) is 6.63. The average Bonchev–Trinajstić information content (AvgIpc) is 2.03. The van der Waals surface area contributed by atoms with Crippen LogP contribution in [0.3, 0.4) is 0 Å². The number of hydrogen-bond donors (Lipinski definition) is 0. The van der Waals surface area contributed by atoms with Crippen molar-refractivity contribution in [3.63, 3.8) is 0 Å². The molecule has 0 aromatic heterocycles. The fourth-order valence-electron chi connectivity index (χ4n) is 1.53. The Labute approximate surface area is 70.2 Å². The van der Waals surface area contributed by atoms with Crippen LogP contribution in [0, 0.1) is 11.8 Å². The van der Waals surface area contributed by atoms with Crippen molar-refractivity contribution in [2.24, 2.45) is 11.8 Å². The zero-order valence-corrected chi connectivity index (χ0v) is 8.07. The largest absolute Gasteiger partial charge is 0.251 e. The van der Waals surface area contributed by atoms with Crippen LogP contribution < -0.4 is 0 Å². The summed E-state index contributed by atoms with van der Waals surface area (Å²) in [4.78, 5) is 0. The van der Waals surface area contributed by atoms with Crippen LogP contribution in [0.4, 0.5) is 4.39 Å². The van der Waals surface area contributed by atoms with E-state index in [0.717, 1.165) is 12.3 Å². The normalized spacial score (nSPS) is 16.4. The molecule has 68 valence electrons. The Hall–Kier alpha value is -0.0700. The Kier molecular flexibility index (Phi) is 6.59. The standard InChI is InChI=1S/C10H21F/c1-4-6-10(5-2)7-9(3)8-11/h9-10H,4-8H2,1-3H3. The van der Waals surface area contributed by atoms with Crippen molar-refractivity contribution in [2.45, 2.75) is 46.5 Å². The van der Waals surface area contributed by atoms with Gasteiger partial charge in [-0.2, -0.15) is 0 Å². The molecule has 0 nitrogen and oxygen atoms in total. The molecule has 0 spiro atoms. The summed E-state index contributed by atoms with van der Waals surface area (Å²) in [5.41, 5.74) is 0. The minimum atomic E-state index is -0.153. The van der Waals surface area contributed by atoms with E-state index in [0.29, 0.717) is 0 Å². The molecule has 0 heterocycles. The van der Waals surface area contributed by atoms with Crippen molar-refractivity contribution in [3.05, 3.63) is 0 Å². The molecule has 0 aliphatic rings. The highest BCUT2D eigenvalue weighted by Crippen LogP contribution is 2.20. The topological polar surface area (TPSA) is 0 Å². The van der Waals surface area contributed by atoms with E-state index in [1.807, 2.05) is 6.92 Å². The Morgan fingerprint density at radius 1 is 1.27 bits per heavy atom. The van der Waals surface area contributed by atoms with Crippen molar-refractivity contribution < 1.29 is 4.39 Å². The molecule has 0 rings (SSSR count). The lowest BCUT2D eigenvalue weighted by Crippen LogP contribution is -2.06. The van der Waals surface area contributed by atoms with E-state index in [-0.39, 0.29) is 12.6 Å². The van der Waals surface area contributed by atoms with Gasteiger partial charge in [0, 0.05) is 0 Å². The maximum Gasteiger partial charge on any atom is 0.0920 e. The predicted molar refractivity (Wildman–Crippen MR) is 48.4 cm³/mol. The maximum atomic E-state index is 12.1. The molecule has 0 fully saturated rings. The number of rotatable bonds is 6. The van der Waals surface area contributed by atoms with E-state index in [1.165, 1.54) is 19.3 Å². The molecule has 2 atom stereocenters. The van der Waals surface area contributed by atoms with Crippen LogP contribution in [0.15, 0.2) is 0 Å². The summed E-state index contributed by atoms with van der Waals surface area (Å²) in [7, 11) is 0. The van der Waals surface area contributed by atoms with Gasteiger partial charge in [0.15, 0.2) is 0 Å². The van der Waals surface area contributed by atoms with Gasteiger partial charge in [-0.25, -0.2) is 0 Å². The van der Waals surface area contributed by atoms with Gasteiger partial charge in [0.2, 0.25) is 0 Å². The summed E-state index contributed by atoms with van der Waals surface area (Å²) in [6.45, 7) is 6.24. The Balaban J connectivity index is 3.49. The van der Waals surface area contributed by atoms with Crippen molar-refractivity contribution in [2.75, 3.05) is 6.67 Å². The summed E-state index contributed by atoms with van der Waals surface area (Å²) in [5.74, 6) is 1.03. The molecule has 0 N–H and O–H groups in total. The highest BCUT2D eigenvalue weighted by Gasteiger charge is 2.09. The molecule has 0 saturated heterocycles. The zero-order valence-electron chi connectivity index (χ0n) is 8.07. The maximum absolute atomic E-state index is 12.1. The van der Waals surface area contributed by atoms with Crippen LogP contribution >= 0.6 is 0 Å². The first-order valence-electron chi connectivity index (χ1n) is 4.80. The van der Waals surface area contributed by atoms with Crippen molar-refractivity contribution >= 4 is 0 Å². The molecule has 0 aliphatic heterocycles. The van der Waals surface area contributed by atoms with Crippen molar-refractivity contribution in [3.8, 4) is 0 Å². The molecular weight excluding hydrogens is 139 g/mol. The van der Waals surface area contributed by atoms with E-state index >= 15 is 0 Å². The van der Waals surface area contributed by atoms with Gasteiger partial charge in [-0.15, -0.1) is 0 Å². The van der Waals surface area contributed by atoms with E-state index in [2.05, 4.69) is 13.8 Å². The van der Waals surface area contributed by atoms with E-state index in [9.17, 15) is 4.39 Å². The van der Waals surface area contributed by atoms with Crippen molar-refractivity contribution in [1.82, 2.24) is 0 Å². The van der Waals surface area contributed by atoms with Gasteiger partial charge in [-0.3, -0.25) is 4.39 Å². The second-order valence-corrected chi connectivity index (χ2v) is 3.56. The number of hydrogen-bond acceptors (Lipinski definition) is 0.